The molecule has 3 rings (SSSR count). The van der Waals surface area contributed by atoms with E-state index in [9.17, 15) is 9.59 Å². The molecule has 0 radical (unpaired) electrons. The summed E-state index contributed by atoms with van der Waals surface area (Å²) in [5, 5.41) is 5.61. The van der Waals surface area contributed by atoms with Gasteiger partial charge in [-0.05, 0) is 24.0 Å². The predicted octanol–water partition coefficient (Wildman–Crippen LogP) is 0.679. The molecule has 4 nitrogen and oxygen atoms in total. The van der Waals surface area contributed by atoms with Crippen LogP contribution < -0.4 is 10.6 Å². The van der Waals surface area contributed by atoms with E-state index in [2.05, 4.69) is 22.8 Å². The number of benzene rings is 1. The maximum Gasteiger partial charge on any atom is 0.244 e. The van der Waals surface area contributed by atoms with Crippen LogP contribution in [0, 0.1) is 0 Å². The van der Waals surface area contributed by atoms with Crippen LogP contribution in [0.1, 0.15) is 30.0 Å². The summed E-state index contributed by atoms with van der Waals surface area (Å²) in [4.78, 5) is 22.6. The Kier molecular flexibility index (Phi) is 2.44. The van der Waals surface area contributed by atoms with Crippen molar-refractivity contribution in [2.45, 2.75) is 31.3 Å². The highest BCUT2D eigenvalue weighted by molar-refractivity contribution is 6.05. The number of fused-ring (bicyclic) bond motifs is 1. The third kappa shape index (κ3) is 1.85. The van der Waals surface area contributed by atoms with Crippen molar-refractivity contribution in [1.29, 1.82) is 0 Å². The molecule has 2 amide bonds. The molecular formula is C13H14N2O2. The van der Waals surface area contributed by atoms with Crippen molar-refractivity contribution in [2.75, 3.05) is 0 Å². The fourth-order valence-electron chi connectivity index (χ4n) is 2.66. The summed E-state index contributed by atoms with van der Waals surface area (Å²) in [6, 6.07) is 8.10. The Morgan fingerprint density at radius 2 is 2.00 bits per heavy atom. The monoisotopic (exact) mass is 230 g/mol. The highest BCUT2D eigenvalue weighted by Crippen LogP contribution is 2.31. The quantitative estimate of drug-likeness (QED) is 0.734. The van der Waals surface area contributed by atoms with Crippen LogP contribution in [-0.2, 0) is 16.0 Å². The molecule has 1 heterocycles. The van der Waals surface area contributed by atoms with Crippen LogP contribution in [0.15, 0.2) is 24.3 Å². The average molecular weight is 230 g/mol. The SMILES string of the molecule is O=C1CC(NC2CCc3ccccc32)C(=O)N1. The first-order chi connectivity index (χ1) is 8.24. The van der Waals surface area contributed by atoms with Gasteiger partial charge in [-0.15, -0.1) is 0 Å². The van der Waals surface area contributed by atoms with Gasteiger partial charge >= 0.3 is 0 Å². The maximum atomic E-state index is 11.5. The van der Waals surface area contributed by atoms with E-state index in [0.717, 1.165) is 12.8 Å². The Labute approximate surface area is 99.4 Å². The number of imide groups is 1. The number of hydrogen-bond donors (Lipinski definition) is 2. The zero-order chi connectivity index (χ0) is 11.8. The van der Waals surface area contributed by atoms with Crippen LogP contribution in [0.4, 0.5) is 0 Å². The second-order valence-corrected chi connectivity index (χ2v) is 4.63. The van der Waals surface area contributed by atoms with Crippen molar-refractivity contribution in [3.63, 3.8) is 0 Å². The predicted molar refractivity (Wildman–Crippen MR) is 62.2 cm³/mol. The molecule has 1 fully saturated rings. The molecular weight excluding hydrogens is 216 g/mol. The fourth-order valence-corrected chi connectivity index (χ4v) is 2.66. The van der Waals surface area contributed by atoms with Crippen molar-refractivity contribution in [3.8, 4) is 0 Å². The number of aryl methyl sites for hydroxylation is 1. The third-order valence-electron chi connectivity index (χ3n) is 3.50. The van der Waals surface area contributed by atoms with E-state index in [-0.39, 0.29) is 30.3 Å². The van der Waals surface area contributed by atoms with E-state index in [0.29, 0.717) is 0 Å². The minimum Gasteiger partial charge on any atom is -0.298 e. The molecule has 1 aliphatic heterocycles. The molecule has 1 aromatic rings. The van der Waals surface area contributed by atoms with Crippen LogP contribution in [0.3, 0.4) is 0 Å². The van der Waals surface area contributed by atoms with E-state index < -0.39 is 0 Å². The van der Waals surface area contributed by atoms with Gasteiger partial charge in [-0.1, -0.05) is 24.3 Å². The third-order valence-corrected chi connectivity index (χ3v) is 3.50. The summed E-state index contributed by atoms with van der Waals surface area (Å²) in [5.74, 6) is -0.377. The molecule has 2 aliphatic rings. The zero-order valence-corrected chi connectivity index (χ0v) is 9.40. The zero-order valence-electron chi connectivity index (χ0n) is 9.40. The first-order valence-corrected chi connectivity index (χ1v) is 5.91. The molecule has 88 valence electrons. The molecule has 1 saturated heterocycles. The number of amides is 2. The van der Waals surface area contributed by atoms with Crippen molar-refractivity contribution >= 4 is 11.8 Å². The van der Waals surface area contributed by atoms with Gasteiger partial charge in [0.2, 0.25) is 11.8 Å². The Balaban J connectivity index is 1.76. The van der Waals surface area contributed by atoms with Crippen molar-refractivity contribution in [3.05, 3.63) is 35.4 Å². The lowest BCUT2D eigenvalue weighted by Gasteiger charge is -2.17. The molecule has 0 aromatic heterocycles. The van der Waals surface area contributed by atoms with E-state index in [4.69, 9.17) is 0 Å². The smallest absolute Gasteiger partial charge is 0.244 e. The van der Waals surface area contributed by atoms with Crippen molar-refractivity contribution in [1.82, 2.24) is 10.6 Å². The van der Waals surface area contributed by atoms with Crippen LogP contribution in [0.25, 0.3) is 0 Å². The molecule has 0 spiro atoms. The standard InChI is InChI=1S/C13H14N2O2/c16-12-7-11(13(17)15-12)14-10-6-5-8-3-1-2-4-9(8)10/h1-4,10-11,14H,5-7H2,(H,15,16,17). The summed E-state index contributed by atoms with van der Waals surface area (Å²) in [7, 11) is 0. The lowest BCUT2D eigenvalue weighted by Crippen LogP contribution is -2.38. The van der Waals surface area contributed by atoms with Crippen LogP contribution in [0.2, 0.25) is 0 Å². The lowest BCUT2D eigenvalue weighted by atomic mass is 10.1. The summed E-state index contributed by atoms with van der Waals surface area (Å²) in [6.07, 6.45) is 2.30. The van der Waals surface area contributed by atoms with Gasteiger partial charge in [0.1, 0.15) is 0 Å². The van der Waals surface area contributed by atoms with Gasteiger partial charge < -0.3 is 0 Å². The minimum atomic E-state index is -0.362. The summed E-state index contributed by atoms with van der Waals surface area (Å²) >= 11 is 0. The van der Waals surface area contributed by atoms with Gasteiger partial charge in [-0.2, -0.15) is 0 Å². The van der Waals surface area contributed by atoms with Crippen LogP contribution in [0.5, 0.6) is 0 Å². The van der Waals surface area contributed by atoms with Gasteiger partial charge in [-0.3, -0.25) is 20.2 Å². The van der Waals surface area contributed by atoms with E-state index in [1.807, 2.05) is 12.1 Å². The minimum absolute atomic E-state index is 0.182. The van der Waals surface area contributed by atoms with Gasteiger partial charge in [0.15, 0.2) is 0 Å². The first kappa shape index (κ1) is 10.5. The molecule has 4 heteroatoms. The fraction of sp³-hybridized carbons (Fsp3) is 0.385. The van der Waals surface area contributed by atoms with E-state index >= 15 is 0 Å². The van der Waals surface area contributed by atoms with Crippen molar-refractivity contribution < 1.29 is 9.59 Å². The highest BCUT2D eigenvalue weighted by atomic mass is 16.2. The van der Waals surface area contributed by atoms with Gasteiger partial charge in [0, 0.05) is 6.04 Å². The molecule has 1 aromatic carbocycles. The molecule has 2 atom stereocenters. The molecule has 17 heavy (non-hydrogen) atoms. The first-order valence-electron chi connectivity index (χ1n) is 5.91. The molecule has 0 saturated carbocycles. The Hall–Kier alpha value is -1.68. The molecule has 2 N–H and O–H groups in total. The Morgan fingerprint density at radius 1 is 1.18 bits per heavy atom. The summed E-state index contributed by atoms with van der Waals surface area (Å²) < 4.78 is 0. The maximum absolute atomic E-state index is 11.5. The Bertz CT molecular complexity index is 484. The lowest BCUT2D eigenvalue weighted by molar-refractivity contribution is -0.125. The summed E-state index contributed by atoms with van der Waals surface area (Å²) in [6.45, 7) is 0. The average Bonchev–Trinajstić information content (AvgIpc) is 2.85. The second-order valence-electron chi connectivity index (χ2n) is 4.63. The molecule has 2 unspecified atom stereocenters. The highest BCUT2D eigenvalue weighted by Gasteiger charge is 2.33. The number of hydrogen-bond acceptors (Lipinski definition) is 3. The van der Waals surface area contributed by atoms with E-state index in [1.165, 1.54) is 11.1 Å². The summed E-state index contributed by atoms with van der Waals surface area (Å²) in [5.41, 5.74) is 2.61. The molecule has 1 aliphatic carbocycles. The van der Waals surface area contributed by atoms with E-state index in [1.54, 1.807) is 0 Å². The largest absolute Gasteiger partial charge is 0.298 e. The number of nitrogens with one attached hydrogen (secondary N) is 2. The number of carbonyl (C=O) groups excluding carboxylic acids is 2. The Morgan fingerprint density at radius 3 is 2.76 bits per heavy atom. The van der Waals surface area contributed by atoms with Crippen LogP contribution in [-0.4, -0.2) is 17.9 Å². The van der Waals surface area contributed by atoms with Crippen LogP contribution >= 0.6 is 0 Å². The number of carbonyl (C=O) groups is 2. The van der Waals surface area contributed by atoms with Gasteiger partial charge in [-0.25, -0.2) is 0 Å². The second kappa shape index (κ2) is 3.96. The normalized spacial score (nSPS) is 27.1. The molecule has 0 bridgehead atoms. The van der Waals surface area contributed by atoms with Gasteiger partial charge in [0.05, 0.1) is 12.5 Å². The van der Waals surface area contributed by atoms with Gasteiger partial charge in [0.25, 0.3) is 0 Å². The van der Waals surface area contributed by atoms with Crippen molar-refractivity contribution in [2.24, 2.45) is 0 Å². The topological polar surface area (TPSA) is 58.2 Å². The number of rotatable bonds is 2.